The minimum Gasteiger partial charge on any atom is -0.345 e. The number of amides is 1. The lowest BCUT2D eigenvalue weighted by Crippen LogP contribution is -2.32. The van der Waals surface area contributed by atoms with Crippen LogP contribution in [-0.4, -0.2) is 10.9 Å². The van der Waals surface area contributed by atoms with E-state index in [0.717, 1.165) is 6.07 Å². The van der Waals surface area contributed by atoms with Gasteiger partial charge in [-0.3, -0.25) is 9.59 Å². The maximum Gasteiger partial charge on any atom is 0.431 e. The molecule has 1 atom stereocenters. The van der Waals surface area contributed by atoms with Crippen LogP contribution in [0.2, 0.25) is 5.02 Å². The summed E-state index contributed by atoms with van der Waals surface area (Å²) >= 11 is 5.85. The number of halogens is 4. The maximum absolute atomic E-state index is 12.5. The van der Waals surface area contributed by atoms with E-state index >= 15 is 0 Å². The predicted octanol–water partition coefficient (Wildman–Crippen LogP) is 3.54. The summed E-state index contributed by atoms with van der Waals surface area (Å²) in [4.78, 5) is 25.4. The Morgan fingerprint density at radius 3 is 2.52 bits per heavy atom. The van der Waals surface area contributed by atoms with Gasteiger partial charge in [-0.1, -0.05) is 23.7 Å². The Bertz CT molecular complexity index is 787. The Kier molecular flexibility index (Phi) is 4.79. The molecule has 23 heavy (non-hydrogen) atoms. The summed E-state index contributed by atoms with van der Waals surface area (Å²) in [6.07, 6.45) is -4.68. The molecular formula is C15H12ClF3N2O2. The summed E-state index contributed by atoms with van der Waals surface area (Å²) in [6.45, 7) is 1.67. The van der Waals surface area contributed by atoms with Crippen LogP contribution in [0.15, 0.2) is 41.2 Å². The first-order valence-electron chi connectivity index (χ1n) is 6.55. The van der Waals surface area contributed by atoms with E-state index in [1.807, 2.05) is 0 Å². The van der Waals surface area contributed by atoms with Gasteiger partial charge in [-0.05, 0) is 36.8 Å². The van der Waals surface area contributed by atoms with Gasteiger partial charge in [0.1, 0.15) is 11.3 Å². The second-order valence-electron chi connectivity index (χ2n) is 4.86. The van der Waals surface area contributed by atoms with Crippen LogP contribution in [0.3, 0.4) is 0 Å². The fourth-order valence-corrected chi connectivity index (χ4v) is 2.15. The number of pyridine rings is 1. The van der Waals surface area contributed by atoms with Crippen molar-refractivity contribution in [2.45, 2.75) is 19.1 Å². The number of aromatic nitrogens is 1. The van der Waals surface area contributed by atoms with Crippen molar-refractivity contribution in [1.82, 2.24) is 10.3 Å². The minimum atomic E-state index is -4.68. The third-order valence-electron chi connectivity index (χ3n) is 3.16. The molecule has 0 saturated carbocycles. The summed E-state index contributed by atoms with van der Waals surface area (Å²) in [5.41, 5.74) is -2.00. The lowest BCUT2D eigenvalue weighted by atomic mass is 10.1. The molecule has 0 bridgehead atoms. The van der Waals surface area contributed by atoms with Crippen LogP contribution in [0.4, 0.5) is 13.2 Å². The Hall–Kier alpha value is -2.28. The molecular weight excluding hydrogens is 333 g/mol. The SMILES string of the molecule is CC(NC(=O)c1ccc(C(F)(F)F)[nH]c1=O)c1cccc(Cl)c1. The van der Waals surface area contributed by atoms with Crippen molar-refractivity contribution in [2.75, 3.05) is 0 Å². The zero-order chi connectivity index (χ0) is 17.2. The summed E-state index contributed by atoms with van der Waals surface area (Å²) in [5.74, 6) is -0.771. The van der Waals surface area contributed by atoms with Gasteiger partial charge >= 0.3 is 6.18 Å². The van der Waals surface area contributed by atoms with E-state index in [4.69, 9.17) is 11.6 Å². The van der Waals surface area contributed by atoms with Gasteiger partial charge in [0, 0.05) is 5.02 Å². The Labute approximate surface area is 134 Å². The molecule has 2 N–H and O–H groups in total. The van der Waals surface area contributed by atoms with Crippen molar-refractivity contribution in [1.29, 1.82) is 0 Å². The summed E-state index contributed by atoms with van der Waals surface area (Å²) in [7, 11) is 0. The van der Waals surface area contributed by atoms with Crippen LogP contribution in [0, 0.1) is 0 Å². The summed E-state index contributed by atoms with van der Waals surface area (Å²) in [6, 6.07) is 7.77. The van der Waals surface area contributed by atoms with Gasteiger partial charge in [-0.15, -0.1) is 0 Å². The highest BCUT2D eigenvalue weighted by molar-refractivity contribution is 6.30. The molecule has 1 amide bonds. The van der Waals surface area contributed by atoms with Gasteiger partial charge in [0.05, 0.1) is 6.04 Å². The standard InChI is InChI=1S/C15H12ClF3N2O2/c1-8(9-3-2-4-10(16)7-9)20-13(22)11-5-6-12(15(17,18)19)21-14(11)23/h2-8H,1H3,(H,20,22)(H,21,23). The largest absolute Gasteiger partial charge is 0.431 e. The average molecular weight is 345 g/mol. The normalized spacial score (nSPS) is 12.7. The molecule has 0 spiro atoms. The maximum atomic E-state index is 12.5. The second kappa shape index (κ2) is 6.45. The molecule has 1 unspecified atom stereocenters. The molecule has 2 rings (SSSR count). The van der Waals surface area contributed by atoms with Crippen LogP contribution in [0.25, 0.3) is 0 Å². The molecule has 4 nitrogen and oxygen atoms in total. The number of carbonyl (C=O) groups is 1. The molecule has 1 aromatic carbocycles. The van der Waals surface area contributed by atoms with Crippen LogP contribution in [0.1, 0.15) is 34.6 Å². The first kappa shape index (κ1) is 17.1. The summed E-state index contributed by atoms with van der Waals surface area (Å²) in [5, 5.41) is 3.02. The molecule has 2 aromatic rings. The number of hydrogen-bond donors (Lipinski definition) is 2. The molecule has 1 heterocycles. The smallest absolute Gasteiger partial charge is 0.345 e. The van der Waals surface area contributed by atoms with E-state index in [-0.39, 0.29) is 0 Å². The van der Waals surface area contributed by atoms with Gasteiger partial charge in [0.15, 0.2) is 0 Å². The Morgan fingerprint density at radius 2 is 1.96 bits per heavy atom. The fourth-order valence-electron chi connectivity index (χ4n) is 1.95. The number of nitrogens with one attached hydrogen (secondary N) is 2. The van der Waals surface area contributed by atoms with Gasteiger partial charge in [0.25, 0.3) is 11.5 Å². The first-order valence-corrected chi connectivity index (χ1v) is 6.93. The number of H-pyrrole nitrogens is 1. The van der Waals surface area contributed by atoms with E-state index in [1.54, 1.807) is 36.2 Å². The predicted molar refractivity (Wildman–Crippen MR) is 79.4 cm³/mol. The monoisotopic (exact) mass is 344 g/mol. The highest BCUT2D eigenvalue weighted by Gasteiger charge is 2.32. The van der Waals surface area contributed by atoms with Crippen molar-refractivity contribution in [3.8, 4) is 0 Å². The lowest BCUT2D eigenvalue weighted by Gasteiger charge is -2.14. The second-order valence-corrected chi connectivity index (χ2v) is 5.30. The zero-order valence-electron chi connectivity index (χ0n) is 11.9. The van der Waals surface area contributed by atoms with Crippen molar-refractivity contribution in [3.05, 3.63) is 68.6 Å². The molecule has 8 heteroatoms. The van der Waals surface area contributed by atoms with E-state index in [9.17, 15) is 22.8 Å². The highest BCUT2D eigenvalue weighted by Crippen LogP contribution is 2.26. The van der Waals surface area contributed by atoms with E-state index < -0.39 is 34.9 Å². The fraction of sp³-hybridized carbons (Fsp3) is 0.200. The topological polar surface area (TPSA) is 62.0 Å². The van der Waals surface area contributed by atoms with Gasteiger partial charge < -0.3 is 10.3 Å². The number of benzene rings is 1. The van der Waals surface area contributed by atoms with Crippen molar-refractivity contribution >= 4 is 17.5 Å². The number of rotatable bonds is 3. The number of alkyl halides is 3. The number of hydrogen-bond acceptors (Lipinski definition) is 2. The van der Waals surface area contributed by atoms with Crippen LogP contribution in [-0.2, 0) is 6.18 Å². The lowest BCUT2D eigenvalue weighted by molar-refractivity contribution is -0.141. The van der Waals surface area contributed by atoms with Gasteiger partial charge in [-0.2, -0.15) is 13.2 Å². The van der Waals surface area contributed by atoms with Crippen LogP contribution < -0.4 is 10.9 Å². The molecule has 0 aliphatic heterocycles. The van der Waals surface area contributed by atoms with Crippen LogP contribution >= 0.6 is 11.6 Å². The van der Waals surface area contributed by atoms with Crippen molar-refractivity contribution < 1.29 is 18.0 Å². The Morgan fingerprint density at radius 1 is 1.26 bits per heavy atom. The van der Waals surface area contributed by atoms with E-state index in [0.29, 0.717) is 16.7 Å². The van der Waals surface area contributed by atoms with E-state index in [1.165, 1.54) is 0 Å². The number of aromatic amines is 1. The molecule has 0 saturated heterocycles. The third-order valence-corrected chi connectivity index (χ3v) is 3.39. The quantitative estimate of drug-likeness (QED) is 0.894. The molecule has 122 valence electrons. The zero-order valence-corrected chi connectivity index (χ0v) is 12.6. The summed E-state index contributed by atoms with van der Waals surface area (Å²) < 4.78 is 37.5. The third kappa shape index (κ3) is 4.13. The highest BCUT2D eigenvalue weighted by atomic mass is 35.5. The molecule has 1 aromatic heterocycles. The van der Waals surface area contributed by atoms with Crippen molar-refractivity contribution in [3.63, 3.8) is 0 Å². The van der Waals surface area contributed by atoms with E-state index in [2.05, 4.69) is 5.32 Å². The first-order chi connectivity index (χ1) is 10.7. The Balaban J connectivity index is 2.20. The molecule has 0 aliphatic carbocycles. The molecule has 0 radical (unpaired) electrons. The van der Waals surface area contributed by atoms with Crippen molar-refractivity contribution in [2.24, 2.45) is 0 Å². The number of carbonyl (C=O) groups excluding carboxylic acids is 1. The molecule has 0 fully saturated rings. The molecule has 0 aliphatic rings. The van der Waals surface area contributed by atoms with Gasteiger partial charge in [0.2, 0.25) is 0 Å². The van der Waals surface area contributed by atoms with Gasteiger partial charge in [-0.25, -0.2) is 0 Å². The average Bonchev–Trinajstić information content (AvgIpc) is 2.45. The van der Waals surface area contributed by atoms with Crippen LogP contribution in [0.5, 0.6) is 0 Å². The minimum absolute atomic E-state index is 0.396.